The van der Waals surface area contributed by atoms with Gasteiger partial charge in [0.25, 0.3) is 0 Å². The van der Waals surface area contributed by atoms with E-state index >= 15 is 0 Å². The van der Waals surface area contributed by atoms with Crippen LogP contribution in [0.25, 0.3) is 0 Å². The molecule has 3 rings (SSSR count). The summed E-state index contributed by atoms with van der Waals surface area (Å²) in [5, 5.41) is 3.87. The maximum atomic E-state index is 3.87. The van der Waals surface area contributed by atoms with Crippen LogP contribution in [0.15, 0.2) is 18.2 Å². The fourth-order valence-electron chi connectivity index (χ4n) is 3.65. The first-order valence-corrected chi connectivity index (χ1v) is 7.84. The van der Waals surface area contributed by atoms with E-state index in [1.807, 2.05) is 0 Å². The molecule has 17 heavy (non-hydrogen) atoms. The highest BCUT2D eigenvalue weighted by Crippen LogP contribution is 2.45. The predicted molar refractivity (Wildman–Crippen MR) is 81.6 cm³/mol. The molecule has 0 amide bonds. The van der Waals surface area contributed by atoms with E-state index in [0.29, 0.717) is 11.5 Å². The van der Waals surface area contributed by atoms with Crippen molar-refractivity contribution >= 4 is 28.3 Å². The first kappa shape index (κ1) is 11.8. The van der Waals surface area contributed by atoms with E-state index in [-0.39, 0.29) is 0 Å². The number of hydrogen-bond acceptors (Lipinski definition) is 1. The minimum Gasteiger partial charge on any atom is -0.379 e. The van der Waals surface area contributed by atoms with Gasteiger partial charge in [0.15, 0.2) is 0 Å². The molecule has 2 heteroatoms. The minimum absolute atomic E-state index is 0.414. The SMILES string of the molecule is CC1CC2(CCCCC2)Nc2ccc(I)cc21. The third-order valence-electron chi connectivity index (χ3n) is 4.45. The van der Waals surface area contributed by atoms with Crippen molar-refractivity contribution in [3.05, 3.63) is 27.3 Å². The lowest BCUT2D eigenvalue weighted by Crippen LogP contribution is -2.44. The number of anilines is 1. The van der Waals surface area contributed by atoms with Crippen LogP contribution in [0.2, 0.25) is 0 Å². The van der Waals surface area contributed by atoms with Gasteiger partial charge >= 0.3 is 0 Å². The average molecular weight is 341 g/mol. The summed E-state index contributed by atoms with van der Waals surface area (Å²) in [6, 6.07) is 6.85. The van der Waals surface area contributed by atoms with Crippen LogP contribution < -0.4 is 5.32 Å². The molecule has 0 bridgehead atoms. The molecule has 1 atom stereocenters. The van der Waals surface area contributed by atoms with Crippen molar-refractivity contribution in [2.45, 2.75) is 56.9 Å². The van der Waals surface area contributed by atoms with Crippen molar-refractivity contribution in [3.63, 3.8) is 0 Å². The summed E-state index contributed by atoms with van der Waals surface area (Å²) >= 11 is 2.41. The number of benzene rings is 1. The van der Waals surface area contributed by atoms with Gasteiger partial charge in [-0.15, -0.1) is 0 Å². The quantitative estimate of drug-likeness (QED) is 0.661. The molecule has 1 aliphatic carbocycles. The number of halogens is 1. The zero-order valence-electron chi connectivity index (χ0n) is 10.4. The van der Waals surface area contributed by atoms with E-state index < -0.39 is 0 Å². The van der Waals surface area contributed by atoms with Gasteiger partial charge in [0.05, 0.1) is 0 Å². The molecule has 0 saturated heterocycles. The second-order valence-electron chi connectivity index (χ2n) is 5.80. The molecule has 1 heterocycles. The summed E-state index contributed by atoms with van der Waals surface area (Å²) in [6.07, 6.45) is 8.28. The van der Waals surface area contributed by atoms with Gasteiger partial charge in [0, 0.05) is 14.8 Å². The Labute approximate surface area is 118 Å². The van der Waals surface area contributed by atoms with Gasteiger partial charge in [0.2, 0.25) is 0 Å². The molecule has 92 valence electrons. The van der Waals surface area contributed by atoms with Crippen molar-refractivity contribution in [1.29, 1.82) is 0 Å². The molecule has 1 aromatic rings. The van der Waals surface area contributed by atoms with Crippen LogP contribution in [-0.2, 0) is 0 Å². The lowest BCUT2D eigenvalue weighted by molar-refractivity contribution is 0.281. The van der Waals surface area contributed by atoms with Gasteiger partial charge in [-0.2, -0.15) is 0 Å². The number of nitrogens with one attached hydrogen (secondary N) is 1. The third kappa shape index (κ3) is 2.20. The maximum absolute atomic E-state index is 3.87. The zero-order valence-corrected chi connectivity index (χ0v) is 12.6. The first-order valence-electron chi connectivity index (χ1n) is 6.76. The third-order valence-corrected chi connectivity index (χ3v) is 5.12. The Morgan fingerprint density at radius 2 is 2.00 bits per heavy atom. The Morgan fingerprint density at radius 1 is 1.24 bits per heavy atom. The van der Waals surface area contributed by atoms with Crippen molar-refractivity contribution in [2.75, 3.05) is 5.32 Å². The molecule has 1 aliphatic heterocycles. The molecule has 1 spiro atoms. The van der Waals surface area contributed by atoms with Gasteiger partial charge in [-0.3, -0.25) is 0 Å². The summed E-state index contributed by atoms with van der Waals surface area (Å²) in [7, 11) is 0. The Hall–Kier alpha value is -0.250. The molecule has 1 nitrogen and oxygen atoms in total. The fraction of sp³-hybridized carbons (Fsp3) is 0.600. The first-order chi connectivity index (χ1) is 8.19. The van der Waals surface area contributed by atoms with E-state index in [1.54, 1.807) is 0 Å². The number of hydrogen-bond donors (Lipinski definition) is 1. The summed E-state index contributed by atoms with van der Waals surface area (Å²) < 4.78 is 1.36. The highest BCUT2D eigenvalue weighted by molar-refractivity contribution is 14.1. The van der Waals surface area contributed by atoms with Crippen LogP contribution in [0.5, 0.6) is 0 Å². The van der Waals surface area contributed by atoms with Gasteiger partial charge < -0.3 is 5.32 Å². The van der Waals surface area contributed by atoms with Gasteiger partial charge in [0.1, 0.15) is 0 Å². The Kier molecular flexibility index (Phi) is 3.09. The fourth-order valence-corrected chi connectivity index (χ4v) is 4.16. The molecule has 1 N–H and O–H groups in total. The van der Waals surface area contributed by atoms with E-state index in [2.05, 4.69) is 53.0 Å². The highest BCUT2D eigenvalue weighted by atomic mass is 127. The van der Waals surface area contributed by atoms with E-state index in [9.17, 15) is 0 Å². The monoisotopic (exact) mass is 341 g/mol. The van der Waals surface area contributed by atoms with Crippen molar-refractivity contribution < 1.29 is 0 Å². The van der Waals surface area contributed by atoms with Gasteiger partial charge in [-0.25, -0.2) is 0 Å². The lowest BCUT2D eigenvalue weighted by Gasteiger charge is -2.45. The lowest BCUT2D eigenvalue weighted by atomic mass is 9.72. The van der Waals surface area contributed by atoms with E-state index in [0.717, 1.165) is 0 Å². The second-order valence-corrected chi connectivity index (χ2v) is 7.05. The summed E-state index contributed by atoms with van der Waals surface area (Å²) in [4.78, 5) is 0. The van der Waals surface area contributed by atoms with Gasteiger partial charge in [-0.1, -0.05) is 26.2 Å². The highest BCUT2D eigenvalue weighted by Gasteiger charge is 2.37. The standard InChI is InChI=1S/C15H20IN/c1-11-10-15(7-3-2-4-8-15)17-14-6-5-12(16)9-13(11)14/h5-6,9,11,17H,2-4,7-8,10H2,1H3. The molecular formula is C15H20IN. The molecule has 0 radical (unpaired) electrons. The maximum Gasteiger partial charge on any atom is 0.0380 e. The molecule has 0 aromatic heterocycles. The predicted octanol–water partition coefficient (Wildman–Crippen LogP) is 4.91. The van der Waals surface area contributed by atoms with Gasteiger partial charge in [-0.05, 0) is 71.5 Å². The molecule has 1 saturated carbocycles. The molecule has 2 aliphatic rings. The van der Waals surface area contributed by atoms with Crippen LogP contribution in [0.3, 0.4) is 0 Å². The Balaban J connectivity index is 1.94. The van der Waals surface area contributed by atoms with E-state index in [1.165, 1.54) is 53.3 Å². The van der Waals surface area contributed by atoms with E-state index in [4.69, 9.17) is 0 Å². The van der Waals surface area contributed by atoms with Crippen LogP contribution in [0.4, 0.5) is 5.69 Å². The molecule has 1 aromatic carbocycles. The van der Waals surface area contributed by atoms with Crippen molar-refractivity contribution in [1.82, 2.24) is 0 Å². The molecular weight excluding hydrogens is 321 g/mol. The number of rotatable bonds is 0. The Morgan fingerprint density at radius 3 is 2.76 bits per heavy atom. The van der Waals surface area contributed by atoms with Crippen molar-refractivity contribution in [3.8, 4) is 0 Å². The second kappa shape index (κ2) is 4.45. The molecule has 1 fully saturated rings. The topological polar surface area (TPSA) is 12.0 Å². The zero-order chi connectivity index (χ0) is 11.9. The largest absolute Gasteiger partial charge is 0.379 e. The summed E-state index contributed by atoms with van der Waals surface area (Å²) in [5.41, 5.74) is 3.33. The Bertz CT molecular complexity index is 421. The average Bonchev–Trinajstić information content (AvgIpc) is 2.31. The smallest absolute Gasteiger partial charge is 0.0380 e. The van der Waals surface area contributed by atoms with Crippen molar-refractivity contribution in [2.24, 2.45) is 0 Å². The summed E-state index contributed by atoms with van der Waals surface area (Å²) in [6.45, 7) is 2.39. The molecule has 1 unspecified atom stereocenters. The minimum atomic E-state index is 0.414. The summed E-state index contributed by atoms with van der Waals surface area (Å²) in [5.74, 6) is 0.707. The normalized spacial score (nSPS) is 26.4. The van der Waals surface area contributed by atoms with Crippen LogP contribution in [0, 0.1) is 3.57 Å². The number of fused-ring (bicyclic) bond motifs is 1. The van der Waals surface area contributed by atoms with Crippen LogP contribution >= 0.6 is 22.6 Å². The van der Waals surface area contributed by atoms with Crippen LogP contribution in [-0.4, -0.2) is 5.54 Å². The van der Waals surface area contributed by atoms with Crippen LogP contribution in [0.1, 0.15) is 56.9 Å².